The highest BCUT2D eigenvalue weighted by molar-refractivity contribution is 7.11. The second-order valence-electron chi connectivity index (χ2n) is 3.70. The van der Waals surface area contributed by atoms with Gasteiger partial charge in [0.1, 0.15) is 5.75 Å². The molecule has 0 aliphatic rings. The summed E-state index contributed by atoms with van der Waals surface area (Å²) < 4.78 is 5.81. The minimum Gasteiger partial charge on any atom is -0.431 e. The molecule has 17 heavy (non-hydrogen) atoms. The monoisotopic (exact) mass is 248 g/mol. The van der Waals surface area contributed by atoms with Crippen LogP contribution in [0.5, 0.6) is 10.9 Å². The molecular formula is C13H16N2OS. The highest BCUT2D eigenvalue weighted by Gasteiger charge is 2.06. The van der Waals surface area contributed by atoms with Crippen molar-refractivity contribution in [3.05, 3.63) is 40.9 Å². The van der Waals surface area contributed by atoms with Gasteiger partial charge < -0.3 is 10.1 Å². The van der Waals surface area contributed by atoms with Crippen LogP contribution in [0.15, 0.2) is 29.6 Å². The lowest BCUT2D eigenvalue weighted by Crippen LogP contribution is -2.06. The third kappa shape index (κ3) is 3.05. The Morgan fingerprint density at radius 2 is 2.18 bits per heavy atom. The van der Waals surface area contributed by atoms with Crippen LogP contribution in [0.1, 0.15) is 18.2 Å². The van der Waals surface area contributed by atoms with E-state index >= 15 is 0 Å². The zero-order valence-corrected chi connectivity index (χ0v) is 10.9. The second-order valence-corrected chi connectivity index (χ2v) is 4.52. The second kappa shape index (κ2) is 5.80. The van der Waals surface area contributed by atoms with Crippen molar-refractivity contribution in [3.8, 4) is 10.9 Å². The van der Waals surface area contributed by atoms with Crippen LogP contribution in [0, 0.1) is 0 Å². The van der Waals surface area contributed by atoms with E-state index in [2.05, 4.69) is 23.3 Å². The topological polar surface area (TPSA) is 34.1 Å². The third-order valence-corrected chi connectivity index (χ3v) is 3.20. The summed E-state index contributed by atoms with van der Waals surface area (Å²) in [5, 5.41) is 5.88. The fourth-order valence-corrected chi connectivity index (χ4v) is 2.30. The molecule has 1 aromatic carbocycles. The highest BCUT2D eigenvalue weighted by atomic mass is 32.1. The van der Waals surface area contributed by atoms with E-state index in [1.807, 2.05) is 30.6 Å². The first kappa shape index (κ1) is 12.1. The minimum absolute atomic E-state index is 0.713. The first-order chi connectivity index (χ1) is 8.33. The number of thiazole rings is 1. The van der Waals surface area contributed by atoms with Crippen LogP contribution < -0.4 is 10.1 Å². The van der Waals surface area contributed by atoms with Crippen LogP contribution in [0.3, 0.4) is 0 Å². The van der Waals surface area contributed by atoms with E-state index in [1.165, 1.54) is 0 Å². The van der Waals surface area contributed by atoms with Crippen molar-refractivity contribution in [1.82, 2.24) is 10.3 Å². The van der Waals surface area contributed by atoms with E-state index in [0.29, 0.717) is 5.19 Å². The Hall–Kier alpha value is -1.39. The van der Waals surface area contributed by atoms with Crippen LogP contribution in [0.2, 0.25) is 0 Å². The molecule has 90 valence electrons. The van der Waals surface area contributed by atoms with Crippen LogP contribution in [-0.2, 0) is 13.0 Å². The molecule has 4 heteroatoms. The van der Waals surface area contributed by atoms with Gasteiger partial charge in [0.25, 0.3) is 5.19 Å². The number of benzene rings is 1. The van der Waals surface area contributed by atoms with Gasteiger partial charge in [0.2, 0.25) is 0 Å². The van der Waals surface area contributed by atoms with E-state index < -0.39 is 0 Å². The normalized spacial score (nSPS) is 10.5. The standard InChI is InChI=1S/C13H16N2OS/c1-3-11-9-17-13(15-11)16-12-7-5-4-6-10(12)8-14-2/h4-7,9,14H,3,8H2,1-2H3. The smallest absolute Gasteiger partial charge is 0.278 e. The molecule has 0 amide bonds. The number of hydrogen-bond donors (Lipinski definition) is 1. The number of nitrogens with zero attached hydrogens (tertiary/aromatic N) is 1. The third-order valence-electron chi connectivity index (χ3n) is 2.43. The van der Waals surface area contributed by atoms with Gasteiger partial charge >= 0.3 is 0 Å². The summed E-state index contributed by atoms with van der Waals surface area (Å²) in [5.41, 5.74) is 2.22. The Labute approximate surface area is 105 Å². The lowest BCUT2D eigenvalue weighted by atomic mass is 10.2. The first-order valence-electron chi connectivity index (χ1n) is 5.68. The number of para-hydroxylation sites is 1. The van der Waals surface area contributed by atoms with E-state index in [0.717, 1.165) is 30.0 Å². The van der Waals surface area contributed by atoms with Crippen molar-refractivity contribution in [2.45, 2.75) is 19.9 Å². The maximum Gasteiger partial charge on any atom is 0.278 e. The largest absolute Gasteiger partial charge is 0.431 e. The Bertz CT molecular complexity index is 482. The van der Waals surface area contributed by atoms with Gasteiger partial charge in [-0.1, -0.05) is 36.5 Å². The molecule has 2 aromatic rings. The number of ether oxygens (including phenoxy) is 1. The van der Waals surface area contributed by atoms with Gasteiger partial charge in [0.15, 0.2) is 0 Å². The van der Waals surface area contributed by atoms with E-state index in [1.54, 1.807) is 11.3 Å². The Balaban J connectivity index is 2.17. The SMILES string of the molecule is CCc1csc(Oc2ccccc2CNC)n1. The van der Waals surface area contributed by atoms with Crippen LogP contribution >= 0.6 is 11.3 Å². The van der Waals surface area contributed by atoms with Gasteiger partial charge in [-0.05, 0) is 19.5 Å². The van der Waals surface area contributed by atoms with E-state index in [9.17, 15) is 0 Å². The van der Waals surface area contributed by atoms with Gasteiger partial charge in [-0.3, -0.25) is 0 Å². The molecule has 2 rings (SSSR count). The summed E-state index contributed by atoms with van der Waals surface area (Å²) in [6.07, 6.45) is 0.942. The van der Waals surface area contributed by atoms with Gasteiger partial charge in [-0.15, -0.1) is 0 Å². The summed E-state index contributed by atoms with van der Waals surface area (Å²) in [6, 6.07) is 8.02. The summed E-state index contributed by atoms with van der Waals surface area (Å²) in [4.78, 5) is 4.40. The van der Waals surface area contributed by atoms with Crippen molar-refractivity contribution >= 4 is 11.3 Å². The zero-order chi connectivity index (χ0) is 12.1. The Morgan fingerprint density at radius 1 is 1.35 bits per heavy atom. The van der Waals surface area contributed by atoms with Gasteiger partial charge in [-0.2, -0.15) is 0 Å². The van der Waals surface area contributed by atoms with Gasteiger partial charge in [0, 0.05) is 17.5 Å². The molecule has 1 heterocycles. The van der Waals surface area contributed by atoms with Crippen LogP contribution in [0.25, 0.3) is 0 Å². The summed E-state index contributed by atoms with van der Waals surface area (Å²) >= 11 is 1.54. The molecule has 0 radical (unpaired) electrons. The molecule has 3 nitrogen and oxygen atoms in total. The fraction of sp³-hybridized carbons (Fsp3) is 0.308. The first-order valence-corrected chi connectivity index (χ1v) is 6.56. The molecule has 0 aliphatic heterocycles. The lowest BCUT2D eigenvalue weighted by Gasteiger charge is -2.08. The molecule has 0 unspecified atom stereocenters. The lowest BCUT2D eigenvalue weighted by molar-refractivity contribution is 0.469. The minimum atomic E-state index is 0.713. The Morgan fingerprint density at radius 3 is 2.88 bits per heavy atom. The van der Waals surface area contributed by atoms with Gasteiger partial charge in [-0.25, -0.2) is 4.98 Å². The van der Waals surface area contributed by atoms with Crippen molar-refractivity contribution < 1.29 is 4.74 Å². The average Bonchev–Trinajstić information content (AvgIpc) is 2.80. The van der Waals surface area contributed by atoms with E-state index in [4.69, 9.17) is 4.74 Å². The maximum absolute atomic E-state index is 5.81. The number of aryl methyl sites for hydroxylation is 1. The quantitative estimate of drug-likeness (QED) is 0.882. The molecule has 1 N–H and O–H groups in total. The molecule has 0 fully saturated rings. The zero-order valence-electron chi connectivity index (χ0n) is 10.1. The molecule has 1 aromatic heterocycles. The van der Waals surface area contributed by atoms with Crippen molar-refractivity contribution in [3.63, 3.8) is 0 Å². The highest BCUT2D eigenvalue weighted by Crippen LogP contribution is 2.27. The molecule has 0 spiro atoms. The van der Waals surface area contributed by atoms with Crippen molar-refractivity contribution in [2.75, 3.05) is 7.05 Å². The average molecular weight is 248 g/mol. The molecule has 0 atom stereocenters. The summed E-state index contributed by atoms with van der Waals surface area (Å²) in [5.74, 6) is 0.874. The molecule has 0 saturated heterocycles. The molecule has 0 aliphatic carbocycles. The number of hydrogen-bond acceptors (Lipinski definition) is 4. The van der Waals surface area contributed by atoms with Crippen LogP contribution in [-0.4, -0.2) is 12.0 Å². The van der Waals surface area contributed by atoms with Crippen molar-refractivity contribution in [1.29, 1.82) is 0 Å². The number of nitrogens with one attached hydrogen (secondary N) is 1. The van der Waals surface area contributed by atoms with Crippen LogP contribution in [0.4, 0.5) is 0 Å². The predicted molar refractivity (Wildman–Crippen MR) is 70.8 cm³/mol. The molecule has 0 saturated carbocycles. The Kier molecular flexibility index (Phi) is 4.12. The molecular weight excluding hydrogens is 232 g/mol. The summed E-state index contributed by atoms with van der Waals surface area (Å²) in [6.45, 7) is 2.88. The fourth-order valence-electron chi connectivity index (χ4n) is 1.53. The summed E-state index contributed by atoms with van der Waals surface area (Å²) in [7, 11) is 1.93. The van der Waals surface area contributed by atoms with Crippen molar-refractivity contribution in [2.24, 2.45) is 0 Å². The molecule has 0 bridgehead atoms. The van der Waals surface area contributed by atoms with E-state index in [-0.39, 0.29) is 0 Å². The number of aromatic nitrogens is 1. The maximum atomic E-state index is 5.81. The number of rotatable bonds is 5. The predicted octanol–water partition coefficient (Wildman–Crippen LogP) is 3.22. The van der Waals surface area contributed by atoms with Gasteiger partial charge in [0.05, 0.1) is 5.69 Å².